The fourth-order valence-corrected chi connectivity index (χ4v) is 3.54. The van der Waals surface area contributed by atoms with Gasteiger partial charge >= 0.3 is 12.3 Å². The van der Waals surface area contributed by atoms with Gasteiger partial charge in [-0.25, -0.2) is 24.3 Å². The summed E-state index contributed by atoms with van der Waals surface area (Å²) in [6.07, 6.45) is 7.37. The van der Waals surface area contributed by atoms with E-state index in [4.69, 9.17) is 5.11 Å². The third-order valence-electron chi connectivity index (χ3n) is 4.96. The van der Waals surface area contributed by atoms with Crippen LogP contribution in [-0.2, 0) is 0 Å². The first-order valence-electron chi connectivity index (χ1n) is 10.1. The number of hydrogen-bond acceptors (Lipinski definition) is 6. The zero-order valence-electron chi connectivity index (χ0n) is 17.4. The molecule has 3 heterocycles. The summed E-state index contributed by atoms with van der Waals surface area (Å²) in [5, 5.41) is 17.0. The first-order chi connectivity index (χ1) is 15.2. The summed E-state index contributed by atoms with van der Waals surface area (Å²) in [4.78, 5) is 23.0. The fourth-order valence-electron chi connectivity index (χ4n) is 3.54. The van der Waals surface area contributed by atoms with Gasteiger partial charge in [0, 0.05) is 30.8 Å². The molecule has 172 valence electrons. The molecule has 0 radical (unpaired) electrons. The predicted molar refractivity (Wildman–Crippen MR) is 111 cm³/mol. The van der Waals surface area contributed by atoms with Crippen molar-refractivity contribution >= 4 is 23.4 Å². The number of alkyl halides is 3. The highest BCUT2D eigenvalue weighted by molar-refractivity contribution is 5.70. The molecule has 0 bridgehead atoms. The Bertz CT molecular complexity index is 1020. The molecular formula is C20H24F3N7O2. The molecule has 1 aliphatic carbocycles. The van der Waals surface area contributed by atoms with E-state index in [0.29, 0.717) is 17.7 Å². The van der Waals surface area contributed by atoms with E-state index in [1.165, 1.54) is 31.2 Å². The van der Waals surface area contributed by atoms with Crippen LogP contribution in [0.1, 0.15) is 50.5 Å². The van der Waals surface area contributed by atoms with Crippen LogP contribution in [0.5, 0.6) is 0 Å². The van der Waals surface area contributed by atoms with Crippen molar-refractivity contribution in [2.75, 3.05) is 5.32 Å². The van der Waals surface area contributed by atoms with Crippen molar-refractivity contribution in [2.45, 2.75) is 57.2 Å². The summed E-state index contributed by atoms with van der Waals surface area (Å²) in [5.41, 5.74) is 2.15. The van der Waals surface area contributed by atoms with Gasteiger partial charge in [-0.1, -0.05) is 12.8 Å². The van der Waals surface area contributed by atoms with E-state index in [0.717, 1.165) is 12.4 Å². The second kappa shape index (κ2) is 10.2. The van der Waals surface area contributed by atoms with Gasteiger partial charge in [0.1, 0.15) is 5.52 Å². The number of rotatable bonds is 5. The molecule has 1 amide bonds. The number of amides is 1. The average molecular weight is 451 g/mol. The Morgan fingerprint density at radius 1 is 1.22 bits per heavy atom. The minimum absolute atomic E-state index is 0.568. The van der Waals surface area contributed by atoms with Crippen LogP contribution in [-0.4, -0.2) is 48.0 Å². The van der Waals surface area contributed by atoms with Crippen molar-refractivity contribution in [1.82, 2.24) is 29.9 Å². The van der Waals surface area contributed by atoms with Crippen molar-refractivity contribution in [3.63, 3.8) is 0 Å². The maximum atomic E-state index is 11.5. The molecule has 1 saturated carbocycles. The molecule has 3 aromatic heterocycles. The largest absolute Gasteiger partial charge is 0.465 e. The number of nitrogens with zero attached hydrogens (tertiary/aromatic N) is 5. The predicted octanol–water partition coefficient (Wildman–Crippen LogP) is 4.52. The molecule has 12 heteroatoms. The zero-order chi connectivity index (χ0) is 23.1. The number of nitrogens with one attached hydrogen (secondary N) is 2. The highest BCUT2D eigenvalue weighted by Gasteiger charge is 2.30. The Morgan fingerprint density at radius 3 is 2.53 bits per heavy atom. The third kappa shape index (κ3) is 6.79. The van der Waals surface area contributed by atoms with E-state index in [-0.39, 0.29) is 0 Å². The molecule has 1 unspecified atom stereocenters. The SMILES string of the molecule is CC(CC(F)(F)F)NC(=O)O.c1cn2nccc2c(Nc2ncc(C3CCCC3)cn2)n1. The molecule has 0 saturated heterocycles. The summed E-state index contributed by atoms with van der Waals surface area (Å²) in [6.45, 7) is 1.15. The lowest BCUT2D eigenvalue weighted by Crippen LogP contribution is -2.34. The van der Waals surface area contributed by atoms with Crippen molar-refractivity contribution < 1.29 is 23.1 Å². The topological polar surface area (TPSA) is 117 Å². The first kappa shape index (κ1) is 23.2. The van der Waals surface area contributed by atoms with Gasteiger partial charge in [0.05, 0.1) is 12.6 Å². The number of aromatic nitrogens is 5. The van der Waals surface area contributed by atoms with Crippen LogP contribution < -0.4 is 10.6 Å². The third-order valence-corrected chi connectivity index (χ3v) is 4.96. The molecule has 1 fully saturated rings. The number of hydrogen-bond donors (Lipinski definition) is 3. The Labute approximate surface area is 182 Å². The molecule has 3 N–H and O–H groups in total. The molecule has 0 spiro atoms. The summed E-state index contributed by atoms with van der Waals surface area (Å²) in [6, 6.07) is 0.815. The molecular weight excluding hydrogens is 427 g/mol. The van der Waals surface area contributed by atoms with Gasteiger partial charge in [0.15, 0.2) is 5.82 Å². The van der Waals surface area contributed by atoms with E-state index in [2.05, 4.69) is 25.4 Å². The van der Waals surface area contributed by atoms with E-state index in [9.17, 15) is 18.0 Å². The van der Waals surface area contributed by atoms with E-state index >= 15 is 0 Å². The molecule has 3 aromatic rings. The maximum absolute atomic E-state index is 11.5. The van der Waals surface area contributed by atoms with Crippen LogP contribution in [0, 0.1) is 0 Å². The van der Waals surface area contributed by atoms with Gasteiger partial charge in [-0.3, -0.25) is 0 Å². The van der Waals surface area contributed by atoms with Gasteiger partial charge < -0.3 is 15.7 Å². The van der Waals surface area contributed by atoms with Crippen LogP contribution >= 0.6 is 0 Å². The van der Waals surface area contributed by atoms with Crippen LogP contribution in [0.25, 0.3) is 5.52 Å². The minimum Gasteiger partial charge on any atom is -0.465 e. The van der Waals surface area contributed by atoms with Gasteiger partial charge in [-0.15, -0.1) is 0 Å². The molecule has 1 aliphatic rings. The fraction of sp³-hybridized carbons (Fsp3) is 0.450. The van der Waals surface area contributed by atoms with E-state index < -0.39 is 24.7 Å². The monoisotopic (exact) mass is 451 g/mol. The van der Waals surface area contributed by atoms with Gasteiger partial charge in [0.25, 0.3) is 0 Å². The van der Waals surface area contributed by atoms with E-state index in [1.807, 2.05) is 24.7 Å². The average Bonchev–Trinajstić information content (AvgIpc) is 3.39. The van der Waals surface area contributed by atoms with Gasteiger partial charge in [0.2, 0.25) is 5.95 Å². The van der Waals surface area contributed by atoms with Crippen LogP contribution in [0.2, 0.25) is 0 Å². The molecule has 4 rings (SSSR count). The number of anilines is 2. The van der Waals surface area contributed by atoms with Crippen LogP contribution in [0.3, 0.4) is 0 Å². The van der Waals surface area contributed by atoms with Crippen molar-refractivity contribution in [3.05, 3.63) is 42.6 Å². The van der Waals surface area contributed by atoms with Crippen molar-refractivity contribution in [1.29, 1.82) is 0 Å². The van der Waals surface area contributed by atoms with Crippen molar-refractivity contribution in [3.8, 4) is 0 Å². The number of carbonyl (C=O) groups is 1. The Kier molecular flexibility index (Phi) is 7.44. The lowest BCUT2D eigenvalue weighted by Gasteiger charge is -2.12. The van der Waals surface area contributed by atoms with Gasteiger partial charge in [-0.2, -0.15) is 18.3 Å². The Balaban J connectivity index is 0.000000226. The lowest BCUT2D eigenvalue weighted by molar-refractivity contribution is -0.138. The Hall–Kier alpha value is -3.44. The number of fused-ring (bicyclic) bond motifs is 1. The summed E-state index contributed by atoms with van der Waals surface area (Å²) >= 11 is 0. The van der Waals surface area contributed by atoms with Crippen LogP contribution in [0.4, 0.5) is 29.7 Å². The highest BCUT2D eigenvalue weighted by Crippen LogP contribution is 2.33. The smallest absolute Gasteiger partial charge is 0.404 e. The quantitative estimate of drug-likeness (QED) is 0.522. The van der Waals surface area contributed by atoms with Gasteiger partial charge in [-0.05, 0) is 37.3 Å². The first-order valence-corrected chi connectivity index (χ1v) is 10.1. The second-order valence-corrected chi connectivity index (χ2v) is 7.55. The molecule has 32 heavy (non-hydrogen) atoms. The number of carboxylic acid groups (broad SMARTS) is 1. The summed E-state index contributed by atoms with van der Waals surface area (Å²) < 4.78 is 36.3. The summed E-state index contributed by atoms with van der Waals surface area (Å²) in [7, 11) is 0. The number of halogens is 3. The lowest BCUT2D eigenvalue weighted by atomic mass is 10.0. The molecule has 0 aromatic carbocycles. The molecule has 9 nitrogen and oxygen atoms in total. The summed E-state index contributed by atoms with van der Waals surface area (Å²) in [5.74, 6) is 1.91. The maximum Gasteiger partial charge on any atom is 0.404 e. The van der Waals surface area contributed by atoms with Crippen molar-refractivity contribution in [2.24, 2.45) is 0 Å². The Morgan fingerprint density at radius 2 is 1.91 bits per heavy atom. The highest BCUT2D eigenvalue weighted by atomic mass is 19.4. The zero-order valence-corrected chi connectivity index (χ0v) is 17.4. The standard InChI is InChI=1S/C15H16N6.C5H8F3NO2/c1-2-4-11(3-1)12-9-17-15(18-10-12)20-14-13-5-6-19-21(13)8-7-16-14;1-3(9-4(10)11)2-5(6,7)8/h5-11H,1-4H2,(H,16,17,18,20);3,9H,2H2,1H3,(H,10,11). The second-order valence-electron chi connectivity index (χ2n) is 7.55. The minimum atomic E-state index is -4.32. The van der Waals surface area contributed by atoms with Crippen LogP contribution in [0.15, 0.2) is 37.1 Å². The molecule has 1 atom stereocenters. The normalized spacial score (nSPS) is 15.1. The molecule has 0 aliphatic heterocycles. The van der Waals surface area contributed by atoms with E-state index in [1.54, 1.807) is 22.2 Å².